The number of H-pyrrole nitrogens is 1. The Labute approximate surface area is 134 Å². The number of benzene rings is 1. The lowest BCUT2D eigenvalue weighted by Gasteiger charge is -2.29. The van der Waals surface area contributed by atoms with Crippen molar-refractivity contribution >= 4 is 22.6 Å². The van der Waals surface area contributed by atoms with E-state index in [9.17, 15) is 9.18 Å². The Hall–Kier alpha value is -2.30. The third-order valence-electron chi connectivity index (χ3n) is 3.85. The summed E-state index contributed by atoms with van der Waals surface area (Å²) in [5.41, 5.74) is 1.83. The molecule has 0 fully saturated rings. The predicted octanol–water partition coefficient (Wildman–Crippen LogP) is 4.33. The first kappa shape index (κ1) is 15.6. The van der Waals surface area contributed by atoms with E-state index < -0.39 is 5.60 Å². The quantitative estimate of drug-likeness (QED) is 0.851. The molecule has 0 atom stereocenters. The van der Waals surface area contributed by atoms with Gasteiger partial charge in [0.2, 0.25) is 0 Å². The topological polar surface area (TPSA) is 45.3 Å². The monoisotopic (exact) mass is 316 g/mol. The number of hydrogen-bond acceptors (Lipinski definition) is 2. The average Bonchev–Trinajstić information content (AvgIpc) is 2.92. The average molecular weight is 316 g/mol. The Bertz CT molecular complexity index is 771. The fourth-order valence-electron chi connectivity index (χ4n) is 2.73. The number of aromatic nitrogens is 1. The maximum atomic E-state index is 14.3. The van der Waals surface area contributed by atoms with Crippen LogP contribution >= 0.6 is 0 Å². The van der Waals surface area contributed by atoms with Crippen LogP contribution in [-0.4, -0.2) is 34.7 Å². The molecule has 0 spiro atoms. The van der Waals surface area contributed by atoms with Gasteiger partial charge >= 0.3 is 6.09 Å². The molecule has 0 radical (unpaired) electrons. The fourth-order valence-corrected chi connectivity index (χ4v) is 2.73. The molecule has 1 amide bonds. The van der Waals surface area contributed by atoms with Gasteiger partial charge in [-0.05, 0) is 51.0 Å². The molecule has 2 aromatic rings. The van der Waals surface area contributed by atoms with Crippen LogP contribution in [0.4, 0.5) is 9.18 Å². The Balaban J connectivity index is 1.77. The van der Waals surface area contributed by atoms with Crippen LogP contribution in [0.2, 0.25) is 0 Å². The van der Waals surface area contributed by atoms with Crippen molar-refractivity contribution in [3.05, 3.63) is 41.9 Å². The molecule has 1 aromatic carbocycles. The zero-order chi connectivity index (χ0) is 16.6. The smallest absolute Gasteiger partial charge is 0.410 e. The summed E-state index contributed by atoms with van der Waals surface area (Å²) in [6, 6.07) is 5.30. The van der Waals surface area contributed by atoms with Crippen molar-refractivity contribution in [3.63, 3.8) is 0 Å². The van der Waals surface area contributed by atoms with Gasteiger partial charge < -0.3 is 14.6 Å². The van der Waals surface area contributed by atoms with E-state index >= 15 is 0 Å². The summed E-state index contributed by atoms with van der Waals surface area (Å²) in [6.45, 7) is 6.51. The van der Waals surface area contributed by atoms with E-state index in [0.29, 0.717) is 25.1 Å². The van der Waals surface area contributed by atoms with Crippen LogP contribution in [0.1, 0.15) is 32.8 Å². The van der Waals surface area contributed by atoms with Crippen LogP contribution in [0.25, 0.3) is 16.5 Å². The first-order valence-corrected chi connectivity index (χ1v) is 7.77. The zero-order valence-electron chi connectivity index (χ0n) is 13.6. The number of ether oxygens (including phenoxy) is 1. The van der Waals surface area contributed by atoms with Crippen LogP contribution in [0.5, 0.6) is 0 Å². The number of fused-ring (bicyclic) bond motifs is 1. The summed E-state index contributed by atoms with van der Waals surface area (Å²) in [7, 11) is 0. The highest BCUT2D eigenvalue weighted by molar-refractivity contribution is 5.84. The number of halogens is 1. The highest BCUT2D eigenvalue weighted by atomic mass is 19.1. The molecule has 4 nitrogen and oxygen atoms in total. The van der Waals surface area contributed by atoms with Crippen LogP contribution in [0.15, 0.2) is 30.5 Å². The van der Waals surface area contributed by atoms with E-state index in [0.717, 1.165) is 16.5 Å². The lowest BCUT2D eigenvalue weighted by Crippen LogP contribution is -2.39. The Morgan fingerprint density at radius 3 is 2.78 bits per heavy atom. The van der Waals surface area contributed by atoms with Gasteiger partial charge in [0.25, 0.3) is 0 Å². The standard InChI is InChI=1S/C18H21FN2O2/c1-18(2,3)23-17(22)21-8-5-12(6-9-21)14-10-13-4-7-20-16(13)11-15(14)19/h4-5,7,10-11,20H,6,8-9H2,1-3H3. The minimum Gasteiger partial charge on any atom is -0.444 e. The van der Waals surface area contributed by atoms with Crippen molar-refractivity contribution < 1.29 is 13.9 Å². The first-order valence-electron chi connectivity index (χ1n) is 7.77. The summed E-state index contributed by atoms with van der Waals surface area (Å²) in [5.74, 6) is -0.239. The minimum atomic E-state index is -0.507. The van der Waals surface area contributed by atoms with Gasteiger partial charge in [-0.1, -0.05) is 6.08 Å². The molecule has 0 aliphatic carbocycles. The molecule has 1 aromatic heterocycles. The molecule has 3 rings (SSSR count). The third-order valence-corrected chi connectivity index (χ3v) is 3.85. The van der Waals surface area contributed by atoms with E-state index in [1.54, 1.807) is 11.1 Å². The molecule has 1 aliphatic rings. The number of nitrogens with one attached hydrogen (secondary N) is 1. The normalized spacial score (nSPS) is 15.7. The SMILES string of the molecule is CC(C)(C)OC(=O)N1CC=C(c2cc3cc[nH]c3cc2F)CC1. The Morgan fingerprint density at radius 2 is 2.13 bits per heavy atom. The highest BCUT2D eigenvalue weighted by Gasteiger charge is 2.24. The maximum Gasteiger partial charge on any atom is 0.410 e. The van der Waals surface area contributed by atoms with Gasteiger partial charge in [0.15, 0.2) is 0 Å². The number of aromatic amines is 1. The number of carbonyl (C=O) groups excluding carboxylic acids is 1. The second-order valence-electron chi connectivity index (χ2n) is 6.80. The molecule has 23 heavy (non-hydrogen) atoms. The molecule has 5 heteroatoms. The molecule has 122 valence electrons. The van der Waals surface area contributed by atoms with Gasteiger partial charge in [-0.3, -0.25) is 0 Å². The van der Waals surface area contributed by atoms with Crippen LogP contribution in [-0.2, 0) is 4.74 Å². The van der Waals surface area contributed by atoms with Gasteiger partial charge in [-0.2, -0.15) is 0 Å². The number of nitrogens with zero attached hydrogens (tertiary/aromatic N) is 1. The van der Waals surface area contributed by atoms with Gasteiger partial charge in [-0.25, -0.2) is 9.18 Å². The van der Waals surface area contributed by atoms with E-state index in [1.165, 1.54) is 6.07 Å². The number of rotatable bonds is 1. The summed E-state index contributed by atoms with van der Waals surface area (Å²) in [6.07, 6.45) is 4.00. The molecule has 0 unspecified atom stereocenters. The van der Waals surface area contributed by atoms with Crippen LogP contribution in [0, 0.1) is 5.82 Å². The van der Waals surface area contributed by atoms with Gasteiger partial charge in [0, 0.05) is 35.8 Å². The second kappa shape index (κ2) is 5.72. The highest BCUT2D eigenvalue weighted by Crippen LogP contribution is 2.28. The summed E-state index contributed by atoms with van der Waals surface area (Å²) in [4.78, 5) is 16.7. The molecule has 0 saturated carbocycles. The van der Waals surface area contributed by atoms with E-state index in [1.807, 2.05) is 39.0 Å². The Kier molecular flexibility index (Phi) is 3.88. The van der Waals surface area contributed by atoms with E-state index in [-0.39, 0.29) is 11.9 Å². The second-order valence-corrected chi connectivity index (χ2v) is 6.80. The van der Waals surface area contributed by atoms with Crippen molar-refractivity contribution in [2.45, 2.75) is 32.8 Å². The largest absolute Gasteiger partial charge is 0.444 e. The predicted molar refractivity (Wildman–Crippen MR) is 88.7 cm³/mol. The first-order chi connectivity index (χ1) is 10.8. The Morgan fingerprint density at radius 1 is 1.35 bits per heavy atom. The minimum absolute atomic E-state index is 0.239. The molecule has 1 aliphatic heterocycles. The summed E-state index contributed by atoms with van der Waals surface area (Å²) >= 11 is 0. The van der Waals surface area contributed by atoms with Crippen molar-refractivity contribution in [1.29, 1.82) is 0 Å². The van der Waals surface area contributed by atoms with Crippen molar-refractivity contribution in [3.8, 4) is 0 Å². The summed E-state index contributed by atoms with van der Waals surface area (Å²) in [5, 5.41) is 0.983. The molecular weight excluding hydrogens is 295 g/mol. The molecule has 1 N–H and O–H groups in total. The van der Waals surface area contributed by atoms with Gasteiger partial charge in [0.05, 0.1) is 0 Å². The van der Waals surface area contributed by atoms with Crippen LogP contribution in [0.3, 0.4) is 0 Å². The number of amides is 1. The molecule has 2 heterocycles. The fraction of sp³-hybridized carbons (Fsp3) is 0.389. The number of carbonyl (C=O) groups is 1. The molecule has 0 saturated heterocycles. The lowest BCUT2D eigenvalue weighted by atomic mass is 9.98. The van der Waals surface area contributed by atoms with Gasteiger partial charge in [0.1, 0.15) is 11.4 Å². The lowest BCUT2D eigenvalue weighted by molar-refractivity contribution is 0.0270. The van der Waals surface area contributed by atoms with Crippen LogP contribution < -0.4 is 0 Å². The zero-order valence-corrected chi connectivity index (χ0v) is 13.6. The van der Waals surface area contributed by atoms with Crippen molar-refractivity contribution in [2.75, 3.05) is 13.1 Å². The third kappa shape index (κ3) is 3.38. The van der Waals surface area contributed by atoms with Crippen molar-refractivity contribution in [1.82, 2.24) is 9.88 Å². The maximum absolute atomic E-state index is 14.3. The van der Waals surface area contributed by atoms with Gasteiger partial charge in [-0.15, -0.1) is 0 Å². The van der Waals surface area contributed by atoms with Crippen molar-refractivity contribution in [2.24, 2.45) is 0 Å². The molecular formula is C18H21FN2O2. The van der Waals surface area contributed by atoms with E-state index in [2.05, 4.69) is 4.98 Å². The number of hydrogen-bond donors (Lipinski definition) is 1. The summed E-state index contributed by atoms with van der Waals surface area (Å²) < 4.78 is 19.7. The molecule has 0 bridgehead atoms. The van der Waals surface area contributed by atoms with E-state index in [4.69, 9.17) is 4.74 Å².